The van der Waals surface area contributed by atoms with E-state index >= 15 is 0 Å². The topological polar surface area (TPSA) is 137 Å². The minimum Gasteiger partial charge on any atom is -0.497 e. The van der Waals surface area contributed by atoms with Crippen molar-refractivity contribution < 1.29 is 37.2 Å². The minimum absolute atomic E-state index is 0.0550. The van der Waals surface area contributed by atoms with Gasteiger partial charge in [-0.1, -0.05) is 105 Å². The number of amides is 1. The minimum atomic E-state index is -2.84. The Morgan fingerprint density at radius 1 is 0.857 bits per heavy atom. The van der Waals surface area contributed by atoms with Gasteiger partial charge in [-0.3, -0.25) is 9.36 Å². The molecule has 8 rings (SSSR count). The third-order valence-electron chi connectivity index (χ3n) is 11.9. The van der Waals surface area contributed by atoms with Gasteiger partial charge >= 0.3 is 0 Å². The van der Waals surface area contributed by atoms with Crippen LogP contribution in [0.1, 0.15) is 54.0 Å². The summed E-state index contributed by atoms with van der Waals surface area (Å²) in [6.07, 6.45) is -0.0102. The molecular weight excluding hydrogens is 874 g/mol. The third-order valence-corrected chi connectivity index (χ3v) is 21.6. The van der Waals surface area contributed by atoms with Crippen molar-refractivity contribution in [1.29, 1.82) is 0 Å². The van der Waals surface area contributed by atoms with Gasteiger partial charge in [0.2, 0.25) is 5.69 Å². The molecule has 5 atom stereocenters. The van der Waals surface area contributed by atoms with Crippen molar-refractivity contribution in [3.05, 3.63) is 144 Å². The number of hydrogen-bond donors (Lipinski definition) is 1. The highest BCUT2D eigenvalue weighted by atomic mass is 32.9. The van der Waals surface area contributed by atoms with Gasteiger partial charge in [0.15, 0.2) is 31.5 Å². The molecule has 0 unspecified atom stereocenters. The van der Waals surface area contributed by atoms with E-state index in [0.29, 0.717) is 40.6 Å². The summed E-state index contributed by atoms with van der Waals surface area (Å²) in [5, 5.41) is 2.74. The summed E-state index contributed by atoms with van der Waals surface area (Å²) in [5.41, 5.74) is -0.0599. The average molecular weight is 926 g/mol. The summed E-state index contributed by atoms with van der Waals surface area (Å²) >= 11 is 7.66. The van der Waals surface area contributed by atoms with E-state index in [1.165, 1.54) is 17.7 Å². The van der Waals surface area contributed by atoms with Crippen LogP contribution in [0.4, 0.5) is 5.82 Å². The molecular formula is C46H52N5O8PS2Si. The molecule has 0 radical (unpaired) electrons. The molecule has 2 saturated heterocycles. The van der Waals surface area contributed by atoms with Crippen LogP contribution >= 0.6 is 17.1 Å². The van der Waals surface area contributed by atoms with Crippen LogP contribution in [0.2, 0.25) is 18.1 Å². The molecule has 4 aromatic carbocycles. The van der Waals surface area contributed by atoms with Crippen LogP contribution in [0.15, 0.2) is 122 Å². The standard InChI is InChI=1S/C46H52N5O8PS2Si/c1-45(2,3)63(6,7)59-39-37(28-55-46(32-16-12-9-13-17-32,33-18-22-35(53-4)23-19-33)34-20-24-36(54-5)25-21-34)57-44(40(39)58-60(61)56-26-27-62-60)51-30-49-38-41(47-29-48-42(38)51)50-43(52)31-14-10-8-11-15-31/h8-25,29-30,37,39-40,44H,26-28H2,1-7H3,(H,47,48,50,52)/t37-,39-,40-,44-,60+/m1/s1. The second kappa shape index (κ2) is 18.6. The van der Waals surface area contributed by atoms with E-state index in [9.17, 15) is 4.79 Å². The SMILES string of the molecule is COc1ccc(C(OC[C@H]2O[C@@H](n3cnc4c(NC(=O)c5ccccc5)ncnc43)[C@H](O[P@]3(=S)OCCS3)[C@@H]2O[Si](C)(C)C(C)(C)C)(c2ccccc2)c2ccc(OC)cc2)cc1. The first-order valence-electron chi connectivity index (χ1n) is 20.7. The predicted molar refractivity (Wildman–Crippen MR) is 252 cm³/mol. The second-order valence-electron chi connectivity index (χ2n) is 16.8. The second-order valence-corrected chi connectivity index (χ2v) is 27.9. The lowest BCUT2D eigenvalue weighted by molar-refractivity contribution is -0.0926. The molecule has 0 aliphatic carbocycles. The maximum Gasteiger partial charge on any atom is 0.256 e. The number of imidazole rings is 1. The van der Waals surface area contributed by atoms with Gasteiger partial charge in [0.25, 0.3) is 5.91 Å². The van der Waals surface area contributed by atoms with Crippen molar-refractivity contribution in [3.8, 4) is 11.5 Å². The molecule has 2 fully saturated rings. The van der Waals surface area contributed by atoms with Gasteiger partial charge in [0.05, 0.1) is 33.8 Å². The molecule has 6 aromatic rings. The van der Waals surface area contributed by atoms with Gasteiger partial charge in [-0.2, -0.15) is 0 Å². The molecule has 1 amide bonds. The Balaban J connectivity index is 1.25. The van der Waals surface area contributed by atoms with Crippen molar-refractivity contribution in [2.24, 2.45) is 0 Å². The number of methoxy groups -OCH3 is 2. The highest BCUT2D eigenvalue weighted by Gasteiger charge is 2.55. The van der Waals surface area contributed by atoms with Crippen LogP contribution in [0, 0.1) is 0 Å². The molecule has 330 valence electrons. The molecule has 2 aliphatic rings. The number of fused-ring (bicyclic) bond motifs is 1. The van der Waals surface area contributed by atoms with Crippen molar-refractivity contribution in [2.75, 3.05) is 38.5 Å². The third kappa shape index (κ3) is 9.24. The fraction of sp³-hybridized carbons (Fsp3) is 0.348. The summed E-state index contributed by atoms with van der Waals surface area (Å²) in [6.45, 7) is 11.5. The zero-order valence-electron chi connectivity index (χ0n) is 36.3. The Kier molecular flexibility index (Phi) is 13.3. The summed E-state index contributed by atoms with van der Waals surface area (Å²) in [7, 11) is 0.737. The number of nitrogens with one attached hydrogen (secondary N) is 1. The summed E-state index contributed by atoms with van der Waals surface area (Å²) < 4.78 is 48.3. The van der Waals surface area contributed by atoms with Crippen LogP contribution in [0.3, 0.4) is 0 Å². The van der Waals surface area contributed by atoms with Crippen LogP contribution in [0.25, 0.3) is 11.2 Å². The summed E-state index contributed by atoms with van der Waals surface area (Å²) in [6, 6.07) is 34.9. The van der Waals surface area contributed by atoms with Crippen LogP contribution in [-0.4, -0.2) is 85.2 Å². The lowest BCUT2D eigenvalue weighted by atomic mass is 9.80. The largest absolute Gasteiger partial charge is 0.497 e. The predicted octanol–water partition coefficient (Wildman–Crippen LogP) is 9.77. The van der Waals surface area contributed by atoms with Crippen molar-refractivity contribution >= 4 is 60.1 Å². The van der Waals surface area contributed by atoms with E-state index in [2.05, 4.69) is 61.3 Å². The van der Waals surface area contributed by atoms with Gasteiger partial charge in [-0.25, -0.2) is 15.0 Å². The first kappa shape index (κ1) is 45.1. The van der Waals surface area contributed by atoms with Crippen LogP contribution in [-0.2, 0) is 40.4 Å². The Hall–Kier alpha value is -4.48. The molecule has 17 heteroatoms. The monoisotopic (exact) mass is 925 g/mol. The molecule has 0 spiro atoms. The first-order valence-corrected chi connectivity index (χ1v) is 27.8. The van der Waals surface area contributed by atoms with E-state index in [-0.39, 0.29) is 23.4 Å². The fourth-order valence-corrected chi connectivity index (χ4v) is 13.4. The fourth-order valence-electron chi connectivity index (χ4n) is 7.56. The van der Waals surface area contributed by atoms with E-state index in [4.69, 9.17) is 49.2 Å². The lowest BCUT2D eigenvalue weighted by Gasteiger charge is -2.41. The zero-order chi connectivity index (χ0) is 44.4. The zero-order valence-corrected chi connectivity index (χ0v) is 39.8. The summed E-state index contributed by atoms with van der Waals surface area (Å²) in [5.74, 6) is 2.07. The number of ether oxygens (including phenoxy) is 4. The number of anilines is 1. The summed E-state index contributed by atoms with van der Waals surface area (Å²) in [4.78, 5) is 27.1. The van der Waals surface area contributed by atoms with Crippen LogP contribution in [0.5, 0.6) is 11.5 Å². The maximum atomic E-state index is 13.3. The Morgan fingerprint density at radius 3 is 2.03 bits per heavy atom. The highest BCUT2D eigenvalue weighted by molar-refractivity contribution is 8.68. The molecule has 0 saturated carbocycles. The Bertz CT molecular complexity index is 2510. The highest BCUT2D eigenvalue weighted by Crippen LogP contribution is 2.67. The Morgan fingerprint density at radius 2 is 1.46 bits per heavy atom. The van der Waals surface area contributed by atoms with Gasteiger partial charge < -0.3 is 37.7 Å². The molecule has 1 N–H and O–H groups in total. The first-order chi connectivity index (χ1) is 30.2. The number of nitrogens with zero attached hydrogens (tertiary/aromatic N) is 4. The van der Waals surface area contributed by atoms with Gasteiger partial charge in [0.1, 0.15) is 41.7 Å². The van der Waals surface area contributed by atoms with Gasteiger partial charge in [0, 0.05) is 11.3 Å². The number of rotatable bonds is 15. The molecule has 63 heavy (non-hydrogen) atoms. The number of carbonyl (C=O) groups is 1. The van der Waals surface area contributed by atoms with Crippen molar-refractivity contribution in [2.45, 2.75) is 69.0 Å². The molecule has 13 nitrogen and oxygen atoms in total. The van der Waals surface area contributed by atoms with E-state index in [1.54, 1.807) is 44.8 Å². The number of aromatic nitrogens is 4. The molecule has 4 heterocycles. The van der Waals surface area contributed by atoms with E-state index in [0.717, 1.165) is 16.7 Å². The quantitative estimate of drug-likeness (QED) is 0.0595. The van der Waals surface area contributed by atoms with Gasteiger partial charge in [-0.05, 0) is 83.0 Å². The maximum absolute atomic E-state index is 13.3. The molecule has 2 aliphatic heterocycles. The lowest BCUT2D eigenvalue weighted by Crippen LogP contribution is -2.50. The number of benzene rings is 4. The van der Waals surface area contributed by atoms with E-state index in [1.807, 2.05) is 77.4 Å². The Labute approximate surface area is 378 Å². The van der Waals surface area contributed by atoms with Crippen molar-refractivity contribution in [1.82, 2.24) is 19.5 Å². The average Bonchev–Trinajstić information content (AvgIpc) is 4.02. The molecule has 2 aromatic heterocycles. The van der Waals surface area contributed by atoms with Crippen LogP contribution < -0.4 is 14.8 Å². The molecule has 0 bridgehead atoms. The number of carbonyl (C=O) groups excluding carboxylic acids is 1. The normalized spacial score (nSPS) is 21.7. The smallest absolute Gasteiger partial charge is 0.256 e. The van der Waals surface area contributed by atoms with Gasteiger partial charge in [-0.15, -0.1) is 0 Å². The van der Waals surface area contributed by atoms with Crippen molar-refractivity contribution in [3.63, 3.8) is 0 Å². The van der Waals surface area contributed by atoms with E-state index < -0.39 is 44.2 Å². The number of hydrogen-bond acceptors (Lipinski definition) is 13.